The van der Waals surface area contributed by atoms with E-state index in [1.807, 2.05) is 35.1 Å². The molecule has 0 amide bonds. The summed E-state index contributed by atoms with van der Waals surface area (Å²) in [7, 11) is 2.09. The molecule has 0 bridgehead atoms. The van der Waals surface area contributed by atoms with Crippen molar-refractivity contribution in [1.82, 2.24) is 14.7 Å². The lowest BCUT2D eigenvalue weighted by Gasteiger charge is -2.17. The molecule has 0 atom stereocenters. The highest BCUT2D eigenvalue weighted by Gasteiger charge is 2.03. The second kappa shape index (κ2) is 6.45. The Morgan fingerprint density at radius 1 is 1.42 bits per heavy atom. The highest BCUT2D eigenvalue weighted by molar-refractivity contribution is 7.80. The Morgan fingerprint density at radius 3 is 2.95 bits per heavy atom. The molecule has 2 N–H and O–H groups in total. The average molecular weight is 274 g/mol. The maximum absolute atomic E-state index is 5.64. The van der Waals surface area contributed by atoms with Crippen molar-refractivity contribution in [2.45, 2.75) is 13.1 Å². The van der Waals surface area contributed by atoms with Crippen molar-refractivity contribution in [3.05, 3.63) is 53.9 Å². The second-order valence-electron chi connectivity index (χ2n) is 4.57. The molecular formula is C14H18N4S. The molecule has 1 aromatic heterocycles. The van der Waals surface area contributed by atoms with Crippen LogP contribution in [-0.4, -0.2) is 33.3 Å². The zero-order valence-electron chi connectivity index (χ0n) is 11.0. The molecule has 1 aromatic carbocycles. The Balaban J connectivity index is 1.89. The fourth-order valence-corrected chi connectivity index (χ4v) is 2.05. The Kier molecular flexibility index (Phi) is 4.65. The lowest BCUT2D eigenvalue weighted by Crippen LogP contribution is -2.23. The van der Waals surface area contributed by atoms with Crippen LogP contribution in [0.15, 0.2) is 42.7 Å². The molecule has 0 saturated carbocycles. The summed E-state index contributed by atoms with van der Waals surface area (Å²) >= 11 is 4.99. The maximum atomic E-state index is 5.64. The van der Waals surface area contributed by atoms with E-state index in [4.69, 9.17) is 18.0 Å². The number of hydrogen-bond acceptors (Lipinski definition) is 3. The van der Waals surface area contributed by atoms with Gasteiger partial charge in [-0.25, -0.2) is 0 Å². The SMILES string of the molecule is CN(CCn1cccn1)Cc1cccc(C(N)=S)c1. The van der Waals surface area contributed by atoms with Crippen molar-refractivity contribution in [3.63, 3.8) is 0 Å². The van der Waals surface area contributed by atoms with E-state index in [1.165, 1.54) is 5.56 Å². The van der Waals surface area contributed by atoms with Gasteiger partial charge in [-0.3, -0.25) is 4.68 Å². The van der Waals surface area contributed by atoms with Crippen molar-refractivity contribution in [1.29, 1.82) is 0 Å². The summed E-state index contributed by atoms with van der Waals surface area (Å²) in [6, 6.07) is 10.0. The molecule has 2 aromatic rings. The number of likely N-dealkylation sites (N-methyl/N-ethyl adjacent to an activating group) is 1. The quantitative estimate of drug-likeness (QED) is 0.814. The van der Waals surface area contributed by atoms with Crippen molar-refractivity contribution >= 4 is 17.2 Å². The van der Waals surface area contributed by atoms with E-state index in [-0.39, 0.29) is 0 Å². The molecular weight excluding hydrogens is 256 g/mol. The lowest BCUT2D eigenvalue weighted by molar-refractivity contribution is 0.305. The average Bonchev–Trinajstić information content (AvgIpc) is 2.90. The third-order valence-corrected chi connectivity index (χ3v) is 3.17. The molecule has 0 unspecified atom stereocenters. The van der Waals surface area contributed by atoms with Crippen LogP contribution in [-0.2, 0) is 13.1 Å². The fourth-order valence-electron chi connectivity index (χ4n) is 1.92. The molecule has 0 aliphatic heterocycles. The fraction of sp³-hybridized carbons (Fsp3) is 0.286. The third kappa shape index (κ3) is 4.15. The molecule has 0 saturated heterocycles. The normalized spacial score (nSPS) is 10.8. The Bertz CT molecular complexity index is 536. The first-order valence-electron chi connectivity index (χ1n) is 6.20. The van der Waals surface area contributed by atoms with Gasteiger partial charge in [-0.15, -0.1) is 0 Å². The van der Waals surface area contributed by atoms with Gasteiger partial charge in [0.05, 0.1) is 6.54 Å². The van der Waals surface area contributed by atoms with Crippen molar-refractivity contribution in [2.24, 2.45) is 5.73 Å². The Labute approximate surface area is 118 Å². The summed E-state index contributed by atoms with van der Waals surface area (Å²) < 4.78 is 1.93. The van der Waals surface area contributed by atoms with Gasteiger partial charge < -0.3 is 10.6 Å². The second-order valence-corrected chi connectivity index (χ2v) is 5.01. The lowest BCUT2D eigenvalue weighted by atomic mass is 10.1. The van der Waals surface area contributed by atoms with E-state index in [0.717, 1.165) is 25.2 Å². The summed E-state index contributed by atoms with van der Waals surface area (Å²) in [6.45, 7) is 2.70. The first-order valence-corrected chi connectivity index (χ1v) is 6.60. The van der Waals surface area contributed by atoms with Crippen molar-refractivity contribution < 1.29 is 0 Å². The topological polar surface area (TPSA) is 47.1 Å². The number of thiocarbonyl (C=S) groups is 1. The van der Waals surface area contributed by atoms with E-state index in [0.29, 0.717) is 4.99 Å². The van der Waals surface area contributed by atoms with Crippen LogP contribution in [0.2, 0.25) is 0 Å². The smallest absolute Gasteiger partial charge is 0.103 e. The number of hydrogen-bond donors (Lipinski definition) is 1. The third-order valence-electron chi connectivity index (χ3n) is 2.93. The Morgan fingerprint density at radius 2 is 2.26 bits per heavy atom. The minimum absolute atomic E-state index is 0.445. The van der Waals surface area contributed by atoms with Gasteiger partial charge in [-0.1, -0.05) is 30.4 Å². The molecule has 1 heterocycles. The van der Waals surface area contributed by atoms with Crippen LogP contribution in [0.3, 0.4) is 0 Å². The van der Waals surface area contributed by atoms with E-state index in [2.05, 4.69) is 23.1 Å². The van der Waals surface area contributed by atoms with Crippen LogP contribution in [0.4, 0.5) is 0 Å². The van der Waals surface area contributed by atoms with Crippen LogP contribution in [0.5, 0.6) is 0 Å². The highest BCUT2D eigenvalue weighted by atomic mass is 32.1. The van der Waals surface area contributed by atoms with E-state index in [9.17, 15) is 0 Å². The first kappa shape index (κ1) is 13.7. The summed E-state index contributed by atoms with van der Waals surface area (Å²) in [5.74, 6) is 0. The standard InChI is InChI=1S/C14H18N4S/c1-17(8-9-18-7-3-6-16-18)11-12-4-2-5-13(10-12)14(15)19/h2-7,10H,8-9,11H2,1H3,(H2,15,19). The summed E-state index contributed by atoms with van der Waals surface area (Å²) in [5.41, 5.74) is 7.78. The van der Waals surface area contributed by atoms with E-state index in [1.54, 1.807) is 6.20 Å². The summed E-state index contributed by atoms with van der Waals surface area (Å²) in [5, 5.41) is 4.19. The molecule has 100 valence electrons. The summed E-state index contributed by atoms with van der Waals surface area (Å²) in [4.78, 5) is 2.70. The molecule has 0 aliphatic carbocycles. The molecule has 5 heteroatoms. The van der Waals surface area contributed by atoms with Crippen LogP contribution >= 0.6 is 12.2 Å². The molecule has 0 spiro atoms. The monoisotopic (exact) mass is 274 g/mol. The van der Waals surface area contributed by atoms with Crippen LogP contribution in [0.1, 0.15) is 11.1 Å². The van der Waals surface area contributed by atoms with Crippen LogP contribution in [0, 0.1) is 0 Å². The largest absolute Gasteiger partial charge is 0.389 e. The number of nitrogens with zero attached hydrogens (tertiary/aromatic N) is 3. The van der Waals surface area contributed by atoms with Gasteiger partial charge in [-0.05, 0) is 24.7 Å². The Hall–Kier alpha value is -1.72. The minimum Gasteiger partial charge on any atom is -0.389 e. The van der Waals surface area contributed by atoms with Gasteiger partial charge in [0.25, 0.3) is 0 Å². The zero-order chi connectivity index (χ0) is 13.7. The first-order chi connectivity index (χ1) is 9.15. The number of benzene rings is 1. The summed E-state index contributed by atoms with van der Waals surface area (Å²) in [6.07, 6.45) is 3.77. The minimum atomic E-state index is 0.445. The molecule has 0 fully saturated rings. The number of aromatic nitrogens is 2. The van der Waals surface area contributed by atoms with Gasteiger partial charge in [0.15, 0.2) is 0 Å². The maximum Gasteiger partial charge on any atom is 0.103 e. The zero-order valence-corrected chi connectivity index (χ0v) is 11.8. The highest BCUT2D eigenvalue weighted by Crippen LogP contribution is 2.07. The van der Waals surface area contributed by atoms with Gasteiger partial charge in [0.1, 0.15) is 4.99 Å². The number of nitrogens with two attached hydrogens (primary N) is 1. The number of rotatable bonds is 6. The van der Waals surface area contributed by atoms with Gasteiger partial charge in [-0.2, -0.15) is 5.10 Å². The van der Waals surface area contributed by atoms with Gasteiger partial charge in [0, 0.05) is 31.0 Å². The van der Waals surface area contributed by atoms with E-state index >= 15 is 0 Å². The predicted molar refractivity (Wildman–Crippen MR) is 80.9 cm³/mol. The van der Waals surface area contributed by atoms with Crippen molar-refractivity contribution in [3.8, 4) is 0 Å². The van der Waals surface area contributed by atoms with Crippen molar-refractivity contribution in [2.75, 3.05) is 13.6 Å². The molecule has 2 rings (SSSR count). The van der Waals surface area contributed by atoms with Gasteiger partial charge in [0.2, 0.25) is 0 Å². The molecule has 0 radical (unpaired) electrons. The molecule has 0 aliphatic rings. The molecule has 4 nitrogen and oxygen atoms in total. The molecule has 19 heavy (non-hydrogen) atoms. The van der Waals surface area contributed by atoms with Crippen LogP contribution < -0.4 is 5.73 Å². The van der Waals surface area contributed by atoms with E-state index < -0.39 is 0 Å². The predicted octanol–water partition coefficient (Wildman–Crippen LogP) is 1.65. The van der Waals surface area contributed by atoms with Gasteiger partial charge >= 0.3 is 0 Å². The van der Waals surface area contributed by atoms with Crippen LogP contribution in [0.25, 0.3) is 0 Å².